The summed E-state index contributed by atoms with van der Waals surface area (Å²) in [5, 5.41) is 0. The molecule has 0 aromatic carbocycles. The Morgan fingerprint density at radius 1 is 1.00 bits per heavy atom. The first-order valence-electron chi connectivity index (χ1n) is 5.63. The molecule has 2 atom stereocenters. The molecule has 1 rings (SSSR count). The van der Waals surface area contributed by atoms with Gasteiger partial charge < -0.3 is 0 Å². The van der Waals surface area contributed by atoms with E-state index in [1.165, 1.54) is 25.7 Å². The van der Waals surface area contributed by atoms with Crippen molar-refractivity contribution in [1.29, 1.82) is 0 Å². The van der Waals surface area contributed by atoms with Gasteiger partial charge in [0.2, 0.25) is 0 Å². The van der Waals surface area contributed by atoms with Gasteiger partial charge in [0.1, 0.15) is 0 Å². The third-order valence-electron chi connectivity index (χ3n) is 3.61. The molecule has 1 saturated carbocycles. The Morgan fingerprint density at radius 2 is 1.58 bits per heavy atom. The van der Waals surface area contributed by atoms with Crippen LogP contribution in [0.1, 0.15) is 53.4 Å². The minimum atomic E-state index is 0.902. The van der Waals surface area contributed by atoms with Crippen molar-refractivity contribution in [3.8, 4) is 0 Å². The Balaban J connectivity index is 1.91. The van der Waals surface area contributed by atoms with Crippen molar-refractivity contribution < 1.29 is 0 Å². The van der Waals surface area contributed by atoms with Gasteiger partial charge in [-0.05, 0) is 30.1 Å². The van der Waals surface area contributed by atoms with Crippen LogP contribution in [0, 0.1) is 23.7 Å². The summed E-state index contributed by atoms with van der Waals surface area (Å²) < 4.78 is 0. The Kier molecular flexibility index (Phi) is 3.61. The zero-order chi connectivity index (χ0) is 9.14. The highest BCUT2D eigenvalue weighted by atomic mass is 14.5. The molecule has 1 aliphatic carbocycles. The fourth-order valence-corrected chi connectivity index (χ4v) is 2.22. The Bertz CT molecular complexity index is 118. The van der Waals surface area contributed by atoms with Crippen LogP contribution < -0.4 is 0 Å². The summed E-state index contributed by atoms with van der Waals surface area (Å²) in [6, 6.07) is 0. The molecule has 1 aliphatic rings. The number of hydrogen-bond donors (Lipinski definition) is 0. The van der Waals surface area contributed by atoms with Crippen LogP contribution in [0.5, 0.6) is 0 Å². The zero-order valence-electron chi connectivity index (χ0n) is 9.14. The maximum atomic E-state index is 2.40. The molecular weight excluding hydrogens is 144 g/mol. The molecule has 0 heterocycles. The van der Waals surface area contributed by atoms with Crippen molar-refractivity contribution in [2.45, 2.75) is 53.4 Å². The maximum absolute atomic E-state index is 2.40. The molecule has 0 aliphatic heterocycles. The first-order chi connectivity index (χ1) is 5.63. The highest BCUT2D eigenvalue weighted by Crippen LogP contribution is 2.48. The molecule has 2 unspecified atom stereocenters. The van der Waals surface area contributed by atoms with E-state index < -0.39 is 0 Å². The number of unbranched alkanes of at least 4 members (excludes halogenated alkanes) is 1. The topological polar surface area (TPSA) is 0 Å². The smallest absolute Gasteiger partial charge is 0.0357 e. The van der Waals surface area contributed by atoms with E-state index in [1.54, 1.807) is 0 Å². The summed E-state index contributed by atoms with van der Waals surface area (Å²) >= 11 is 0. The van der Waals surface area contributed by atoms with Gasteiger partial charge in [0.05, 0.1) is 0 Å². The maximum Gasteiger partial charge on any atom is -0.0357 e. The number of rotatable bonds is 5. The Labute approximate surface area is 77.7 Å². The first-order valence-corrected chi connectivity index (χ1v) is 5.63. The van der Waals surface area contributed by atoms with Gasteiger partial charge in [-0.3, -0.25) is 0 Å². The Morgan fingerprint density at radius 3 is 2.00 bits per heavy atom. The SMILES string of the molecule is CC(C)CCCCC1C(C)C1C. The number of hydrogen-bond acceptors (Lipinski definition) is 0. The molecule has 0 amide bonds. The van der Waals surface area contributed by atoms with Gasteiger partial charge in [-0.2, -0.15) is 0 Å². The van der Waals surface area contributed by atoms with Crippen LogP contribution in [-0.4, -0.2) is 0 Å². The second-order valence-electron chi connectivity index (χ2n) is 5.06. The van der Waals surface area contributed by atoms with Gasteiger partial charge in [0, 0.05) is 0 Å². The fourth-order valence-electron chi connectivity index (χ4n) is 2.22. The van der Waals surface area contributed by atoms with E-state index in [0.29, 0.717) is 0 Å². The van der Waals surface area contributed by atoms with Crippen LogP contribution in [0.15, 0.2) is 0 Å². The fraction of sp³-hybridized carbons (Fsp3) is 1.00. The summed E-state index contributed by atoms with van der Waals surface area (Å²) in [4.78, 5) is 0. The van der Waals surface area contributed by atoms with Gasteiger partial charge in [-0.15, -0.1) is 0 Å². The first kappa shape index (κ1) is 10.1. The molecule has 72 valence electrons. The van der Waals surface area contributed by atoms with E-state index in [4.69, 9.17) is 0 Å². The zero-order valence-corrected chi connectivity index (χ0v) is 9.14. The third-order valence-corrected chi connectivity index (χ3v) is 3.61. The lowest BCUT2D eigenvalue weighted by molar-refractivity contribution is 0.504. The molecule has 0 radical (unpaired) electrons. The average molecular weight is 168 g/mol. The normalized spacial score (nSPS) is 34.2. The van der Waals surface area contributed by atoms with Gasteiger partial charge >= 0.3 is 0 Å². The molecule has 0 heteroatoms. The largest absolute Gasteiger partial charge is 0.0628 e. The minimum absolute atomic E-state index is 0.902. The minimum Gasteiger partial charge on any atom is -0.0628 e. The van der Waals surface area contributed by atoms with Crippen LogP contribution in [0.4, 0.5) is 0 Å². The quantitative estimate of drug-likeness (QED) is 0.542. The molecule has 0 nitrogen and oxygen atoms in total. The molecule has 12 heavy (non-hydrogen) atoms. The van der Waals surface area contributed by atoms with Crippen LogP contribution in [0.3, 0.4) is 0 Å². The van der Waals surface area contributed by atoms with Gasteiger partial charge in [-0.25, -0.2) is 0 Å². The van der Waals surface area contributed by atoms with Crippen LogP contribution in [0.25, 0.3) is 0 Å². The molecular formula is C12H24. The van der Waals surface area contributed by atoms with Crippen molar-refractivity contribution in [1.82, 2.24) is 0 Å². The standard InChI is InChI=1S/C12H24/c1-9(2)7-5-6-8-12-10(3)11(12)4/h9-12H,5-8H2,1-4H3. The summed E-state index contributed by atoms with van der Waals surface area (Å²) in [5.74, 6) is 4.05. The van der Waals surface area contributed by atoms with Crippen LogP contribution >= 0.6 is 0 Å². The summed E-state index contributed by atoms with van der Waals surface area (Å²) in [5.41, 5.74) is 0. The predicted molar refractivity (Wildman–Crippen MR) is 55.1 cm³/mol. The summed E-state index contributed by atoms with van der Waals surface area (Å²) in [7, 11) is 0. The second kappa shape index (κ2) is 4.30. The lowest BCUT2D eigenvalue weighted by Crippen LogP contribution is -1.88. The van der Waals surface area contributed by atoms with E-state index in [2.05, 4.69) is 27.7 Å². The molecule has 0 N–H and O–H groups in total. The van der Waals surface area contributed by atoms with Crippen molar-refractivity contribution in [3.63, 3.8) is 0 Å². The van der Waals surface area contributed by atoms with E-state index in [9.17, 15) is 0 Å². The molecule has 0 aromatic rings. The highest BCUT2D eigenvalue weighted by molar-refractivity contribution is 4.90. The third kappa shape index (κ3) is 2.80. The van der Waals surface area contributed by atoms with Gasteiger partial charge in [-0.1, -0.05) is 47.0 Å². The lowest BCUT2D eigenvalue weighted by atomic mass is 10.0. The monoisotopic (exact) mass is 168 g/mol. The van der Waals surface area contributed by atoms with Crippen molar-refractivity contribution >= 4 is 0 Å². The summed E-state index contributed by atoms with van der Waals surface area (Å²) in [6.07, 6.45) is 5.84. The molecule has 0 aromatic heterocycles. The lowest BCUT2D eigenvalue weighted by Gasteiger charge is -2.03. The molecule has 0 saturated heterocycles. The molecule has 0 spiro atoms. The second-order valence-corrected chi connectivity index (χ2v) is 5.06. The van der Waals surface area contributed by atoms with Crippen LogP contribution in [-0.2, 0) is 0 Å². The molecule has 1 fully saturated rings. The highest BCUT2D eigenvalue weighted by Gasteiger charge is 2.41. The van der Waals surface area contributed by atoms with E-state index in [1.807, 2.05) is 0 Å². The van der Waals surface area contributed by atoms with Crippen molar-refractivity contribution in [3.05, 3.63) is 0 Å². The van der Waals surface area contributed by atoms with E-state index in [-0.39, 0.29) is 0 Å². The molecule has 0 bridgehead atoms. The Hall–Kier alpha value is 0. The van der Waals surface area contributed by atoms with Crippen molar-refractivity contribution in [2.24, 2.45) is 23.7 Å². The van der Waals surface area contributed by atoms with Crippen LogP contribution in [0.2, 0.25) is 0 Å². The van der Waals surface area contributed by atoms with Gasteiger partial charge in [0.25, 0.3) is 0 Å². The average Bonchev–Trinajstić information content (AvgIpc) is 2.54. The van der Waals surface area contributed by atoms with E-state index >= 15 is 0 Å². The summed E-state index contributed by atoms with van der Waals surface area (Å²) in [6.45, 7) is 9.44. The van der Waals surface area contributed by atoms with Crippen molar-refractivity contribution in [2.75, 3.05) is 0 Å². The predicted octanol–water partition coefficient (Wildman–Crippen LogP) is 4.10. The van der Waals surface area contributed by atoms with Gasteiger partial charge in [0.15, 0.2) is 0 Å². The van der Waals surface area contributed by atoms with E-state index in [0.717, 1.165) is 23.7 Å².